The van der Waals surface area contributed by atoms with Gasteiger partial charge in [0, 0.05) is 50.7 Å². The monoisotopic (exact) mass is 444 g/mol. The molecule has 2 aromatic carbocycles. The van der Waals surface area contributed by atoms with Gasteiger partial charge in [0.25, 0.3) is 15.9 Å². The Morgan fingerprint density at radius 3 is 2.61 bits per heavy atom. The van der Waals surface area contributed by atoms with Crippen LogP contribution in [0.15, 0.2) is 53.4 Å². The predicted molar refractivity (Wildman–Crippen MR) is 120 cm³/mol. The van der Waals surface area contributed by atoms with Gasteiger partial charge in [-0.3, -0.25) is 9.52 Å². The van der Waals surface area contributed by atoms with Crippen LogP contribution in [-0.4, -0.2) is 59.8 Å². The summed E-state index contributed by atoms with van der Waals surface area (Å²) in [6.45, 7) is 4.39. The topological polar surface area (TPSA) is 99.8 Å². The van der Waals surface area contributed by atoms with Crippen molar-refractivity contribution in [3.8, 4) is 0 Å². The number of anilines is 2. The van der Waals surface area contributed by atoms with E-state index in [0.29, 0.717) is 17.8 Å². The van der Waals surface area contributed by atoms with Crippen LogP contribution >= 0.6 is 0 Å². The molecule has 1 unspecified atom stereocenters. The van der Waals surface area contributed by atoms with Crippen LogP contribution in [0.25, 0.3) is 0 Å². The number of carbonyl (C=O) groups is 1. The first-order valence-electron chi connectivity index (χ1n) is 10.6. The average Bonchev–Trinajstić information content (AvgIpc) is 3.32. The maximum absolute atomic E-state index is 13.1. The van der Waals surface area contributed by atoms with E-state index >= 15 is 0 Å². The molecule has 1 atom stereocenters. The summed E-state index contributed by atoms with van der Waals surface area (Å²) in [5.41, 5.74) is 1.60. The number of piperazine rings is 1. The van der Waals surface area contributed by atoms with Crippen LogP contribution < -0.4 is 20.3 Å². The van der Waals surface area contributed by atoms with E-state index in [1.165, 1.54) is 12.1 Å². The predicted octanol–water partition coefficient (Wildman–Crippen LogP) is 1.81. The molecule has 2 heterocycles. The normalized spacial score (nSPS) is 19.2. The second-order valence-electron chi connectivity index (χ2n) is 7.73. The van der Waals surface area contributed by atoms with E-state index in [1.54, 1.807) is 30.3 Å². The number of hydrogen-bond acceptors (Lipinski definition) is 6. The van der Waals surface area contributed by atoms with Crippen molar-refractivity contribution in [1.29, 1.82) is 0 Å². The Balaban J connectivity index is 1.58. The maximum atomic E-state index is 13.1. The Bertz CT molecular complexity index is 1000. The van der Waals surface area contributed by atoms with Crippen LogP contribution in [0, 0.1) is 0 Å². The maximum Gasteiger partial charge on any atom is 0.261 e. The van der Waals surface area contributed by atoms with Gasteiger partial charge in [-0.2, -0.15) is 0 Å². The number of carbonyl (C=O) groups excluding carboxylic acids is 1. The van der Waals surface area contributed by atoms with Gasteiger partial charge in [-0.1, -0.05) is 18.2 Å². The molecular formula is C22H28N4O4S. The highest BCUT2D eigenvalue weighted by molar-refractivity contribution is 7.92. The van der Waals surface area contributed by atoms with Crippen LogP contribution in [0.4, 0.5) is 11.4 Å². The van der Waals surface area contributed by atoms with Gasteiger partial charge in [-0.15, -0.1) is 0 Å². The number of ether oxygens (including phenoxy) is 1. The lowest BCUT2D eigenvalue weighted by Crippen LogP contribution is -2.44. The summed E-state index contributed by atoms with van der Waals surface area (Å²) in [6, 6.07) is 13.3. The molecular weight excluding hydrogens is 416 g/mol. The molecule has 0 bridgehead atoms. The van der Waals surface area contributed by atoms with Gasteiger partial charge in [0.1, 0.15) is 0 Å². The smallest absolute Gasteiger partial charge is 0.261 e. The van der Waals surface area contributed by atoms with E-state index in [4.69, 9.17) is 4.74 Å². The molecule has 9 heteroatoms. The van der Waals surface area contributed by atoms with Crippen molar-refractivity contribution >= 4 is 27.3 Å². The van der Waals surface area contributed by atoms with Crippen molar-refractivity contribution in [2.45, 2.75) is 23.8 Å². The highest BCUT2D eigenvalue weighted by atomic mass is 32.2. The summed E-state index contributed by atoms with van der Waals surface area (Å²) in [5, 5.41) is 6.26. The number of amides is 1. The third-order valence-corrected chi connectivity index (χ3v) is 6.92. The van der Waals surface area contributed by atoms with Gasteiger partial charge in [-0.05, 0) is 43.2 Å². The van der Waals surface area contributed by atoms with Crippen molar-refractivity contribution in [2.75, 3.05) is 49.0 Å². The summed E-state index contributed by atoms with van der Waals surface area (Å²) in [5.74, 6) is -0.232. The Hall–Kier alpha value is -2.62. The Labute approximate surface area is 183 Å². The van der Waals surface area contributed by atoms with Gasteiger partial charge < -0.3 is 20.3 Å². The van der Waals surface area contributed by atoms with Crippen molar-refractivity contribution in [3.63, 3.8) is 0 Å². The van der Waals surface area contributed by atoms with Gasteiger partial charge in [0.2, 0.25) is 0 Å². The molecule has 166 valence electrons. The Kier molecular flexibility index (Phi) is 6.74. The van der Waals surface area contributed by atoms with Crippen LogP contribution in [0.3, 0.4) is 0 Å². The fraction of sp³-hybridized carbons (Fsp3) is 0.409. The minimum Gasteiger partial charge on any atom is -0.376 e. The van der Waals surface area contributed by atoms with Crippen LogP contribution in [0.1, 0.15) is 23.2 Å². The fourth-order valence-electron chi connectivity index (χ4n) is 3.88. The number of nitrogens with one attached hydrogen (secondary N) is 3. The second-order valence-corrected chi connectivity index (χ2v) is 9.41. The Morgan fingerprint density at radius 2 is 1.90 bits per heavy atom. The van der Waals surface area contributed by atoms with E-state index in [9.17, 15) is 13.2 Å². The molecule has 0 radical (unpaired) electrons. The number of sulfonamides is 1. The molecule has 2 aromatic rings. The lowest BCUT2D eigenvalue weighted by molar-refractivity contribution is 0.0858. The van der Waals surface area contributed by atoms with E-state index in [2.05, 4.69) is 20.3 Å². The van der Waals surface area contributed by atoms with Crippen molar-refractivity contribution in [2.24, 2.45) is 0 Å². The number of hydrogen-bond donors (Lipinski definition) is 3. The summed E-state index contributed by atoms with van der Waals surface area (Å²) >= 11 is 0. The third-order valence-electron chi connectivity index (χ3n) is 5.52. The number of rotatable bonds is 7. The summed E-state index contributed by atoms with van der Waals surface area (Å²) in [7, 11) is -3.74. The highest BCUT2D eigenvalue weighted by Crippen LogP contribution is 2.27. The average molecular weight is 445 g/mol. The first kappa shape index (κ1) is 21.6. The quantitative estimate of drug-likeness (QED) is 0.602. The highest BCUT2D eigenvalue weighted by Gasteiger charge is 2.22. The van der Waals surface area contributed by atoms with Gasteiger partial charge >= 0.3 is 0 Å². The van der Waals surface area contributed by atoms with Crippen LogP contribution in [0.5, 0.6) is 0 Å². The van der Waals surface area contributed by atoms with Crippen LogP contribution in [-0.2, 0) is 14.8 Å². The van der Waals surface area contributed by atoms with Crippen molar-refractivity contribution in [3.05, 3.63) is 54.1 Å². The molecule has 31 heavy (non-hydrogen) atoms. The molecule has 2 fully saturated rings. The summed E-state index contributed by atoms with van der Waals surface area (Å²) < 4.78 is 33.6. The standard InChI is InChI=1S/C22H28N4O4S/c27-22(24-16-18-5-4-14-30-18)20-15-17(8-9-21(20)26-12-10-23-11-13-26)25-31(28,29)19-6-2-1-3-7-19/h1-3,6-9,15,18,23,25H,4-5,10-14,16H2,(H,24,27). The van der Waals surface area contributed by atoms with Gasteiger partial charge in [0.05, 0.1) is 16.6 Å². The molecule has 4 rings (SSSR count). The number of benzene rings is 2. The zero-order chi connectivity index (χ0) is 21.7. The fourth-order valence-corrected chi connectivity index (χ4v) is 4.95. The SMILES string of the molecule is O=C(NCC1CCCO1)c1cc(NS(=O)(=O)c2ccccc2)ccc1N1CCNCC1. The molecule has 3 N–H and O–H groups in total. The zero-order valence-corrected chi connectivity index (χ0v) is 18.2. The molecule has 8 nitrogen and oxygen atoms in total. The second kappa shape index (κ2) is 9.67. The molecule has 1 amide bonds. The Morgan fingerprint density at radius 1 is 1.13 bits per heavy atom. The first-order valence-corrected chi connectivity index (χ1v) is 12.1. The van der Waals surface area contributed by atoms with Gasteiger partial charge in [-0.25, -0.2) is 8.42 Å². The lowest BCUT2D eigenvalue weighted by Gasteiger charge is -2.31. The lowest BCUT2D eigenvalue weighted by atomic mass is 10.1. The van der Waals surface area contributed by atoms with E-state index in [-0.39, 0.29) is 16.9 Å². The minimum atomic E-state index is -3.74. The van der Waals surface area contributed by atoms with Crippen molar-refractivity contribution < 1.29 is 17.9 Å². The first-order chi connectivity index (χ1) is 15.0. The van der Waals surface area contributed by atoms with Crippen LogP contribution in [0.2, 0.25) is 0 Å². The summed E-state index contributed by atoms with van der Waals surface area (Å²) in [4.78, 5) is 15.4. The molecule has 0 aromatic heterocycles. The van der Waals surface area contributed by atoms with Crippen molar-refractivity contribution in [1.82, 2.24) is 10.6 Å². The largest absolute Gasteiger partial charge is 0.376 e. The zero-order valence-electron chi connectivity index (χ0n) is 17.3. The molecule has 2 aliphatic rings. The van der Waals surface area contributed by atoms with E-state index in [0.717, 1.165) is 51.3 Å². The minimum absolute atomic E-state index is 0.0337. The van der Waals surface area contributed by atoms with E-state index < -0.39 is 10.0 Å². The molecule has 2 aliphatic heterocycles. The molecule has 0 spiro atoms. The molecule has 2 saturated heterocycles. The summed E-state index contributed by atoms with van der Waals surface area (Å²) in [6.07, 6.45) is 1.97. The number of nitrogens with zero attached hydrogens (tertiary/aromatic N) is 1. The molecule has 0 aliphatic carbocycles. The molecule has 0 saturated carbocycles. The third kappa shape index (κ3) is 5.36. The van der Waals surface area contributed by atoms with E-state index in [1.807, 2.05) is 6.07 Å². The van der Waals surface area contributed by atoms with Gasteiger partial charge in [0.15, 0.2) is 0 Å².